The quantitative estimate of drug-likeness (QED) is 0.792. The Hall–Kier alpha value is -1.62. The van der Waals surface area contributed by atoms with Crippen molar-refractivity contribution in [3.63, 3.8) is 0 Å². The molecule has 0 aliphatic rings. The number of carbonyl (C=O) groups is 1. The third-order valence-corrected chi connectivity index (χ3v) is 2.97. The van der Waals surface area contributed by atoms with E-state index < -0.39 is 0 Å². The molecule has 5 nitrogen and oxygen atoms in total. The number of rotatable bonds is 7. The normalized spacial score (nSPS) is 11.9. The molecule has 0 saturated carbocycles. The van der Waals surface area contributed by atoms with Crippen molar-refractivity contribution in [2.75, 3.05) is 19.7 Å². The Morgan fingerprint density at radius 3 is 2.58 bits per heavy atom. The number of pyridine rings is 1. The topological polar surface area (TPSA) is 65.5 Å². The molecule has 1 aromatic rings. The lowest BCUT2D eigenvalue weighted by Crippen LogP contribution is -2.43. The van der Waals surface area contributed by atoms with Crippen molar-refractivity contribution in [1.82, 2.24) is 15.2 Å². The zero-order valence-corrected chi connectivity index (χ0v) is 11.7. The Morgan fingerprint density at radius 2 is 2.05 bits per heavy atom. The first kappa shape index (κ1) is 15.4. The van der Waals surface area contributed by atoms with Gasteiger partial charge < -0.3 is 15.3 Å². The van der Waals surface area contributed by atoms with Gasteiger partial charge >= 0.3 is 6.03 Å². The molecule has 1 rings (SSSR count). The predicted octanol–water partition coefficient (Wildman–Crippen LogP) is 1.95. The molecule has 0 bridgehead atoms. The number of carbonyl (C=O) groups excluding carboxylic acids is 1. The highest BCUT2D eigenvalue weighted by atomic mass is 16.3. The fourth-order valence-electron chi connectivity index (χ4n) is 1.96. The van der Waals surface area contributed by atoms with Crippen molar-refractivity contribution in [2.24, 2.45) is 0 Å². The van der Waals surface area contributed by atoms with Crippen LogP contribution >= 0.6 is 0 Å². The molecule has 1 atom stereocenters. The van der Waals surface area contributed by atoms with Gasteiger partial charge in [0.2, 0.25) is 0 Å². The molecule has 1 aromatic heterocycles. The molecule has 2 N–H and O–H groups in total. The minimum atomic E-state index is -0.125. The van der Waals surface area contributed by atoms with Gasteiger partial charge in [-0.1, -0.05) is 13.8 Å². The summed E-state index contributed by atoms with van der Waals surface area (Å²) in [5.41, 5.74) is 1.05. The van der Waals surface area contributed by atoms with Crippen molar-refractivity contribution in [3.8, 4) is 0 Å². The number of urea groups is 1. The largest absolute Gasteiger partial charge is 0.395 e. The zero-order valence-electron chi connectivity index (χ0n) is 11.7. The maximum absolute atomic E-state index is 12.2. The summed E-state index contributed by atoms with van der Waals surface area (Å²) in [4.78, 5) is 17.8. The molecule has 19 heavy (non-hydrogen) atoms. The number of amides is 2. The monoisotopic (exact) mass is 265 g/mol. The molecule has 0 aromatic carbocycles. The first-order valence-electron chi connectivity index (χ1n) is 6.79. The molecule has 5 heteroatoms. The van der Waals surface area contributed by atoms with E-state index in [0.29, 0.717) is 13.1 Å². The molecule has 0 saturated heterocycles. The van der Waals surface area contributed by atoms with Gasteiger partial charge in [-0.15, -0.1) is 0 Å². The van der Waals surface area contributed by atoms with Gasteiger partial charge in [0.05, 0.1) is 12.6 Å². The van der Waals surface area contributed by atoms with Crippen molar-refractivity contribution < 1.29 is 9.90 Å². The lowest BCUT2D eigenvalue weighted by atomic mass is 10.1. The predicted molar refractivity (Wildman–Crippen MR) is 74.8 cm³/mol. The van der Waals surface area contributed by atoms with E-state index in [2.05, 4.69) is 10.3 Å². The average Bonchev–Trinajstić information content (AvgIpc) is 2.45. The zero-order chi connectivity index (χ0) is 14.1. The van der Waals surface area contributed by atoms with Gasteiger partial charge in [0.1, 0.15) is 0 Å². The molecule has 0 radical (unpaired) electrons. The Balaban J connectivity index is 2.66. The van der Waals surface area contributed by atoms with Crippen LogP contribution in [0.15, 0.2) is 24.5 Å². The SMILES string of the molecule is CCCN(CCO)C(=O)NC(CC)c1ccncc1. The Labute approximate surface area is 114 Å². The van der Waals surface area contributed by atoms with E-state index in [1.165, 1.54) is 0 Å². The fraction of sp³-hybridized carbons (Fsp3) is 0.571. The number of aliphatic hydroxyl groups excluding tert-OH is 1. The van der Waals surface area contributed by atoms with Crippen LogP contribution in [0.2, 0.25) is 0 Å². The van der Waals surface area contributed by atoms with Crippen LogP contribution in [0.1, 0.15) is 38.3 Å². The van der Waals surface area contributed by atoms with Gasteiger partial charge in [-0.2, -0.15) is 0 Å². The third kappa shape index (κ3) is 4.87. The van der Waals surface area contributed by atoms with E-state index in [0.717, 1.165) is 18.4 Å². The van der Waals surface area contributed by atoms with E-state index in [1.807, 2.05) is 26.0 Å². The number of nitrogens with one attached hydrogen (secondary N) is 1. The van der Waals surface area contributed by atoms with Crippen LogP contribution in [0.3, 0.4) is 0 Å². The third-order valence-electron chi connectivity index (χ3n) is 2.97. The summed E-state index contributed by atoms with van der Waals surface area (Å²) in [5.74, 6) is 0. The van der Waals surface area contributed by atoms with Gasteiger partial charge in [0.15, 0.2) is 0 Å². The van der Waals surface area contributed by atoms with Gasteiger partial charge in [-0.25, -0.2) is 4.79 Å². The molecule has 1 heterocycles. The number of hydrogen-bond donors (Lipinski definition) is 2. The maximum Gasteiger partial charge on any atom is 0.317 e. The second kappa shape index (κ2) is 8.48. The van der Waals surface area contributed by atoms with Crippen molar-refractivity contribution in [2.45, 2.75) is 32.7 Å². The number of nitrogens with zero attached hydrogens (tertiary/aromatic N) is 2. The van der Waals surface area contributed by atoms with Gasteiger partial charge in [-0.05, 0) is 30.5 Å². The van der Waals surface area contributed by atoms with E-state index in [-0.39, 0.29) is 18.7 Å². The maximum atomic E-state index is 12.2. The van der Waals surface area contributed by atoms with Gasteiger partial charge in [0.25, 0.3) is 0 Å². The number of aliphatic hydroxyl groups is 1. The minimum absolute atomic E-state index is 0.0144. The highest BCUT2D eigenvalue weighted by Gasteiger charge is 2.17. The molecule has 2 amide bonds. The average molecular weight is 265 g/mol. The first-order valence-corrected chi connectivity index (χ1v) is 6.79. The Kier molecular flexibility index (Phi) is 6.89. The summed E-state index contributed by atoms with van der Waals surface area (Å²) in [6, 6.07) is 3.67. The van der Waals surface area contributed by atoms with E-state index >= 15 is 0 Å². The van der Waals surface area contributed by atoms with Crippen LogP contribution in [0.5, 0.6) is 0 Å². The van der Waals surface area contributed by atoms with Crippen molar-refractivity contribution in [3.05, 3.63) is 30.1 Å². The smallest absolute Gasteiger partial charge is 0.317 e. The molecule has 0 aliphatic heterocycles. The first-order chi connectivity index (χ1) is 9.22. The summed E-state index contributed by atoms with van der Waals surface area (Å²) in [7, 11) is 0. The Bertz CT molecular complexity index is 364. The van der Waals surface area contributed by atoms with Crippen LogP contribution in [0, 0.1) is 0 Å². The molecule has 0 spiro atoms. The Morgan fingerprint density at radius 1 is 1.37 bits per heavy atom. The highest BCUT2D eigenvalue weighted by Crippen LogP contribution is 2.15. The number of hydrogen-bond acceptors (Lipinski definition) is 3. The second-order valence-corrected chi connectivity index (χ2v) is 4.40. The lowest BCUT2D eigenvalue weighted by molar-refractivity contribution is 0.173. The summed E-state index contributed by atoms with van der Waals surface area (Å²) < 4.78 is 0. The summed E-state index contributed by atoms with van der Waals surface area (Å²) in [6.45, 7) is 5.05. The number of aromatic nitrogens is 1. The summed E-state index contributed by atoms with van der Waals surface area (Å²) >= 11 is 0. The van der Waals surface area contributed by atoms with Crippen LogP contribution in [0.4, 0.5) is 4.79 Å². The minimum Gasteiger partial charge on any atom is -0.395 e. The standard InChI is InChI=1S/C14H23N3O2/c1-3-9-17(10-11-18)14(19)16-13(4-2)12-5-7-15-8-6-12/h5-8,13,18H,3-4,9-11H2,1-2H3,(H,16,19). The van der Waals surface area contributed by atoms with Crippen LogP contribution in [0.25, 0.3) is 0 Å². The van der Waals surface area contributed by atoms with Crippen LogP contribution in [-0.2, 0) is 0 Å². The molecule has 0 fully saturated rings. The highest BCUT2D eigenvalue weighted by molar-refractivity contribution is 5.74. The van der Waals surface area contributed by atoms with E-state index in [4.69, 9.17) is 5.11 Å². The molecular weight excluding hydrogens is 242 g/mol. The lowest BCUT2D eigenvalue weighted by Gasteiger charge is -2.25. The van der Waals surface area contributed by atoms with Crippen LogP contribution < -0.4 is 5.32 Å². The molecular formula is C14H23N3O2. The summed E-state index contributed by atoms with van der Waals surface area (Å²) in [5, 5.41) is 12.0. The second-order valence-electron chi connectivity index (χ2n) is 4.40. The molecule has 106 valence electrons. The van der Waals surface area contributed by atoms with Gasteiger partial charge in [0, 0.05) is 25.5 Å². The van der Waals surface area contributed by atoms with Gasteiger partial charge in [-0.3, -0.25) is 4.98 Å². The fourth-order valence-corrected chi connectivity index (χ4v) is 1.96. The van der Waals surface area contributed by atoms with E-state index in [1.54, 1.807) is 17.3 Å². The summed E-state index contributed by atoms with van der Waals surface area (Å²) in [6.07, 6.45) is 5.14. The van der Waals surface area contributed by atoms with Crippen molar-refractivity contribution >= 4 is 6.03 Å². The molecule has 0 aliphatic carbocycles. The van der Waals surface area contributed by atoms with Crippen LogP contribution in [-0.4, -0.2) is 40.7 Å². The molecule has 1 unspecified atom stereocenters. The van der Waals surface area contributed by atoms with Crippen molar-refractivity contribution in [1.29, 1.82) is 0 Å². The van der Waals surface area contributed by atoms with E-state index in [9.17, 15) is 4.79 Å².